The third-order valence-electron chi connectivity index (χ3n) is 4.46. The van der Waals surface area contributed by atoms with Crippen molar-refractivity contribution in [1.29, 1.82) is 0 Å². The van der Waals surface area contributed by atoms with Gasteiger partial charge in [-0.15, -0.1) is 36.2 Å². The Morgan fingerprint density at radius 1 is 1.35 bits per heavy atom. The summed E-state index contributed by atoms with van der Waals surface area (Å²) in [6.45, 7) is 2.70. The van der Waals surface area contributed by atoms with E-state index >= 15 is 0 Å². The van der Waals surface area contributed by atoms with Gasteiger partial charge in [-0.05, 0) is 43.9 Å². The van der Waals surface area contributed by atoms with Gasteiger partial charge in [0.2, 0.25) is 0 Å². The summed E-state index contributed by atoms with van der Waals surface area (Å²) in [5.41, 5.74) is 7.52. The molecule has 1 amide bonds. The summed E-state index contributed by atoms with van der Waals surface area (Å²) < 4.78 is 13.0. The van der Waals surface area contributed by atoms with Crippen LogP contribution in [0.25, 0.3) is 0 Å². The molecule has 0 bridgehead atoms. The van der Waals surface area contributed by atoms with Crippen molar-refractivity contribution < 1.29 is 9.18 Å². The van der Waals surface area contributed by atoms with Crippen molar-refractivity contribution in [2.45, 2.75) is 44.7 Å². The van der Waals surface area contributed by atoms with Gasteiger partial charge >= 0.3 is 0 Å². The Labute approximate surface area is 169 Å². The summed E-state index contributed by atoms with van der Waals surface area (Å²) in [7, 11) is 0. The highest BCUT2D eigenvalue weighted by Crippen LogP contribution is 2.23. The van der Waals surface area contributed by atoms with Gasteiger partial charge in [-0.3, -0.25) is 4.79 Å². The fourth-order valence-electron chi connectivity index (χ4n) is 3.17. The van der Waals surface area contributed by atoms with Gasteiger partial charge in [0.25, 0.3) is 5.91 Å². The minimum atomic E-state index is -0.249. The fraction of sp³-hybridized carbons (Fsp3) is 0.444. The highest BCUT2D eigenvalue weighted by molar-refractivity contribution is 7.09. The average Bonchev–Trinajstić information content (AvgIpc) is 3.05. The van der Waals surface area contributed by atoms with E-state index in [2.05, 4.69) is 4.98 Å². The minimum absolute atomic E-state index is 0. The molecule has 0 aliphatic carbocycles. The molecule has 3 rings (SSSR count). The van der Waals surface area contributed by atoms with Crippen LogP contribution in [0.3, 0.4) is 0 Å². The number of carbonyl (C=O) groups is 1. The van der Waals surface area contributed by atoms with Crippen molar-refractivity contribution >= 4 is 42.1 Å². The number of carbonyl (C=O) groups excluding carboxylic acids is 1. The Hall–Kier alpha value is -1.21. The van der Waals surface area contributed by atoms with E-state index < -0.39 is 0 Å². The van der Waals surface area contributed by atoms with E-state index in [0.717, 1.165) is 36.4 Å². The monoisotopic (exact) mass is 419 g/mol. The number of nitrogens with two attached hydrogens (primary N) is 1. The van der Waals surface area contributed by atoms with E-state index in [1.165, 1.54) is 23.5 Å². The van der Waals surface area contributed by atoms with E-state index in [9.17, 15) is 9.18 Å². The van der Waals surface area contributed by atoms with Crippen LogP contribution in [-0.2, 0) is 6.42 Å². The zero-order valence-electron chi connectivity index (χ0n) is 14.6. The second-order valence-electron chi connectivity index (χ2n) is 6.35. The first-order valence-corrected chi connectivity index (χ1v) is 9.18. The molecule has 4 nitrogen and oxygen atoms in total. The van der Waals surface area contributed by atoms with Crippen molar-refractivity contribution in [1.82, 2.24) is 9.88 Å². The number of amides is 1. The van der Waals surface area contributed by atoms with Crippen LogP contribution in [0.1, 0.15) is 47.2 Å². The summed E-state index contributed by atoms with van der Waals surface area (Å²) in [5.74, 6) is -0.278. The first kappa shape index (κ1) is 22.8. The lowest BCUT2D eigenvalue weighted by molar-refractivity contribution is 0.0578. The van der Waals surface area contributed by atoms with Crippen molar-refractivity contribution in [3.05, 3.63) is 51.7 Å². The molecule has 8 heteroatoms. The molecule has 1 aliphatic rings. The smallest absolute Gasteiger partial charge is 0.273 e. The highest BCUT2D eigenvalue weighted by atomic mass is 35.5. The second kappa shape index (κ2) is 10.2. The number of piperidine rings is 1. The predicted octanol–water partition coefficient (Wildman–Crippen LogP) is 4.06. The zero-order valence-corrected chi connectivity index (χ0v) is 17.0. The first-order valence-electron chi connectivity index (χ1n) is 8.30. The summed E-state index contributed by atoms with van der Waals surface area (Å²) in [6, 6.07) is 6.43. The van der Waals surface area contributed by atoms with Crippen LogP contribution < -0.4 is 5.73 Å². The Balaban J connectivity index is 0.00000169. The van der Waals surface area contributed by atoms with Gasteiger partial charge in [-0.25, -0.2) is 9.37 Å². The van der Waals surface area contributed by atoms with Gasteiger partial charge in [-0.1, -0.05) is 12.1 Å². The van der Waals surface area contributed by atoms with Crippen LogP contribution in [0.5, 0.6) is 0 Å². The molecule has 1 aromatic heterocycles. The van der Waals surface area contributed by atoms with Gasteiger partial charge in [0.15, 0.2) is 0 Å². The average molecular weight is 420 g/mol. The van der Waals surface area contributed by atoms with Gasteiger partial charge in [0, 0.05) is 30.4 Å². The number of halogens is 3. The number of hydrogen-bond donors (Lipinski definition) is 1. The third-order valence-corrected chi connectivity index (χ3v) is 5.31. The van der Waals surface area contributed by atoms with Crippen molar-refractivity contribution in [3.8, 4) is 0 Å². The molecule has 2 aromatic rings. The number of likely N-dealkylation sites (tertiary alicyclic amines) is 1. The Bertz CT molecular complexity index is 709. The van der Waals surface area contributed by atoms with Gasteiger partial charge in [0.05, 0.1) is 5.01 Å². The van der Waals surface area contributed by atoms with Crippen LogP contribution >= 0.6 is 36.2 Å². The molecule has 1 fully saturated rings. The standard InChI is InChI=1S/C18H22FN3OS.2ClH/c1-12(20)16-4-2-3-9-22(16)18(23)15-11-24-17(21-15)10-13-5-7-14(19)8-6-13;;/h5-8,11-12,16H,2-4,9-10,20H2,1H3;2*1H. The Kier molecular flexibility index (Phi) is 8.96. The molecule has 1 aliphatic heterocycles. The topological polar surface area (TPSA) is 59.2 Å². The molecule has 2 unspecified atom stereocenters. The highest BCUT2D eigenvalue weighted by Gasteiger charge is 2.30. The normalized spacial score (nSPS) is 17.8. The first-order chi connectivity index (χ1) is 11.5. The van der Waals surface area contributed by atoms with E-state index in [1.807, 2.05) is 17.2 Å². The number of rotatable bonds is 4. The summed E-state index contributed by atoms with van der Waals surface area (Å²) in [4.78, 5) is 19.2. The van der Waals surface area contributed by atoms with E-state index in [-0.39, 0.29) is 48.6 Å². The zero-order chi connectivity index (χ0) is 17.1. The fourth-order valence-corrected chi connectivity index (χ4v) is 3.97. The molecule has 1 saturated heterocycles. The maximum Gasteiger partial charge on any atom is 0.273 e. The maximum absolute atomic E-state index is 13.0. The van der Waals surface area contributed by atoms with Crippen LogP contribution in [0, 0.1) is 5.82 Å². The van der Waals surface area contributed by atoms with Crippen LogP contribution in [0.15, 0.2) is 29.6 Å². The van der Waals surface area contributed by atoms with E-state index in [1.54, 1.807) is 12.1 Å². The molecule has 0 spiro atoms. The number of aromatic nitrogens is 1. The number of hydrogen-bond acceptors (Lipinski definition) is 4. The lowest BCUT2D eigenvalue weighted by atomic mass is 9.96. The molecule has 26 heavy (non-hydrogen) atoms. The summed E-state index contributed by atoms with van der Waals surface area (Å²) in [6.07, 6.45) is 3.69. The third kappa shape index (κ3) is 5.39. The lowest BCUT2D eigenvalue weighted by Gasteiger charge is -2.37. The summed E-state index contributed by atoms with van der Waals surface area (Å²) >= 11 is 1.47. The molecule has 2 N–H and O–H groups in total. The summed E-state index contributed by atoms with van der Waals surface area (Å²) in [5, 5.41) is 2.67. The number of nitrogens with zero attached hydrogens (tertiary/aromatic N) is 2. The van der Waals surface area contributed by atoms with Crippen LogP contribution in [0.4, 0.5) is 4.39 Å². The SMILES string of the molecule is CC(N)C1CCCCN1C(=O)c1csc(Cc2ccc(F)cc2)n1.Cl.Cl. The van der Waals surface area contributed by atoms with Crippen molar-refractivity contribution in [2.75, 3.05) is 6.54 Å². The number of thiazole rings is 1. The maximum atomic E-state index is 13.0. The van der Waals surface area contributed by atoms with Gasteiger partial charge in [-0.2, -0.15) is 0 Å². The van der Waals surface area contributed by atoms with Crippen LogP contribution in [-0.4, -0.2) is 34.4 Å². The second-order valence-corrected chi connectivity index (χ2v) is 7.29. The van der Waals surface area contributed by atoms with E-state index in [4.69, 9.17) is 5.73 Å². The lowest BCUT2D eigenvalue weighted by Crippen LogP contribution is -2.51. The molecular weight excluding hydrogens is 396 g/mol. The van der Waals surface area contributed by atoms with Gasteiger partial charge < -0.3 is 10.6 Å². The Morgan fingerprint density at radius 2 is 2.04 bits per heavy atom. The van der Waals surface area contributed by atoms with Crippen LogP contribution in [0.2, 0.25) is 0 Å². The molecule has 2 heterocycles. The van der Waals surface area contributed by atoms with E-state index in [0.29, 0.717) is 12.1 Å². The Morgan fingerprint density at radius 3 is 2.69 bits per heavy atom. The predicted molar refractivity (Wildman–Crippen MR) is 108 cm³/mol. The molecular formula is C18H24Cl2FN3OS. The molecule has 2 atom stereocenters. The molecule has 0 radical (unpaired) electrons. The largest absolute Gasteiger partial charge is 0.333 e. The molecule has 144 valence electrons. The quantitative estimate of drug-likeness (QED) is 0.812. The van der Waals surface area contributed by atoms with Gasteiger partial charge in [0.1, 0.15) is 11.5 Å². The van der Waals surface area contributed by atoms with Crippen molar-refractivity contribution in [2.24, 2.45) is 5.73 Å². The molecule has 0 saturated carbocycles. The van der Waals surface area contributed by atoms with Crippen molar-refractivity contribution in [3.63, 3.8) is 0 Å². The minimum Gasteiger partial charge on any atom is -0.333 e. The number of benzene rings is 1. The molecule has 1 aromatic carbocycles.